The molecule has 1 aromatic rings. The number of cyclic esters (lactones) is 1. The second-order valence-corrected chi connectivity index (χ2v) is 11.8. The fraction of sp³-hybridized carbons (Fsp3) is 0.621. The molecule has 5 atom stereocenters. The minimum Gasteiger partial charge on any atom is -0.457 e. The van der Waals surface area contributed by atoms with E-state index in [-0.39, 0.29) is 18.1 Å². The van der Waals surface area contributed by atoms with E-state index in [1.54, 1.807) is 32.1 Å². The number of allylic oxidation sites excluding steroid dienone is 3. The third-order valence-electron chi connectivity index (χ3n) is 7.19. The van der Waals surface area contributed by atoms with Gasteiger partial charge in [-0.15, -0.1) is 11.3 Å². The first-order valence-corrected chi connectivity index (χ1v) is 13.7. The van der Waals surface area contributed by atoms with E-state index in [1.165, 1.54) is 5.57 Å². The van der Waals surface area contributed by atoms with Gasteiger partial charge >= 0.3 is 5.97 Å². The Morgan fingerprint density at radius 2 is 1.86 bits per heavy atom. The predicted octanol–water partition coefficient (Wildman–Crippen LogP) is 5.82. The van der Waals surface area contributed by atoms with Gasteiger partial charge in [0.1, 0.15) is 11.9 Å². The number of ketones is 1. The van der Waals surface area contributed by atoms with Crippen LogP contribution < -0.4 is 0 Å². The van der Waals surface area contributed by atoms with Gasteiger partial charge in [-0.25, -0.2) is 4.98 Å². The summed E-state index contributed by atoms with van der Waals surface area (Å²) < 4.78 is 5.84. The molecule has 2 heterocycles. The molecule has 1 aromatic heterocycles. The summed E-state index contributed by atoms with van der Waals surface area (Å²) in [5.74, 6) is -1.60. The Kier molecular flexibility index (Phi) is 11.3. The molecule has 0 aliphatic carbocycles. The Bertz CT molecular complexity index is 990. The van der Waals surface area contributed by atoms with E-state index in [1.807, 2.05) is 32.2 Å². The van der Waals surface area contributed by atoms with E-state index in [0.717, 1.165) is 29.1 Å². The molecule has 2 rings (SSSR count). The maximum absolute atomic E-state index is 13.2. The molecule has 2 unspecified atom stereocenters. The van der Waals surface area contributed by atoms with Gasteiger partial charge in [0, 0.05) is 17.7 Å². The van der Waals surface area contributed by atoms with Crippen molar-refractivity contribution in [2.45, 2.75) is 98.9 Å². The van der Waals surface area contributed by atoms with Crippen molar-refractivity contribution in [3.05, 3.63) is 45.5 Å². The van der Waals surface area contributed by atoms with Gasteiger partial charge in [0.25, 0.3) is 0 Å². The predicted molar refractivity (Wildman–Crippen MR) is 145 cm³/mol. The van der Waals surface area contributed by atoms with Crippen molar-refractivity contribution in [2.75, 3.05) is 0 Å². The third kappa shape index (κ3) is 8.49. The molecule has 36 heavy (non-hydrogen) atoms. The number of aliphatic hydroxyl groups excluding tert-OH is 2. The van der Waals surface area contributed by atoms with Crippen molar-refractivity contribution < 1.29 is 24.5 Å². The monoisotopic (exact) mass is 517 g/mol. The van der Waals surface area contributed by atoms with Crippen LogP contribution in [0.15, 0.2) is 34.8 Å². The minimum atomic E-state index is -1.23. The van der Waals surface area contributed by atoms with Gasteiger partial charge in [-0.3, -0.25) is 9.59 Å². The number of hydrogen-bond acceptors (Lipinski definition) is 7. The van der Waals surface area contributed by atoms with Gasteiger partial charge in [0.2, 0.25) is 0 Å². The van der Waals surface area contributed by atoms with Crippen LogP contribution in [-0.4, -0.2) is 45.3 Å². The lowest BCUT2D eigenvalue weighted by Gasteiger charge is -2.34. The summed E-state index contributed by atoms with van der Waals surface area (Å²) in [7, 11) is 0. The summed E-state index contributed by atoms with van der Waals surface area (Å²) in [6.45, 7) is 12.8. The smallest absolute Gasteiger partial charge is 0.309 e. The van der Waals surface area contributed by atoms with Crippen molar-refractivity contribution in [1.82, 2.24) is 4.98 Å². The number of esters is 1. The molecule has 0 amide bonds. The molecule has 200 valence electrons. The van der Waals surface area contributed by atoms with Crippen LogP contribution in [0.1, 0.15) is 84.3 Å². The van der Waals surface area contributed by atoms with Crippen molar-refractivity contribution in [3.63, 3.8) is 0 Å². The number of aryl methyl sites for hydroxylation is 1. The van der Waals surface area contributed by atoms with Gasteiger partial charge in [-0.05, 0) is 57.6 Å². The van der Waals surface area contributed by atoms with Crippen molar-refractivity contribution >= 4 is 29.2 Å². The zero-order chi connectivity index (χ0) is 27.0. The number of hydrogen-bond donors (Lipinski definition) is 2. The van der Waals surface area contributed by atoms with E-state index in [2.05, 4.69) is 30.1 Å². The summed E-state index contributed by atoms with van der Waals surface area (Å²) in [6.07, 6.45) is 8.25. The SMILES string of the molecule is C/C1=C/CC(/C(C)=C/c2csc(C)n2)OC(=O)C[C@H](O)C(C)(C)C(=O)[C@H](C)[C@@H](O)C(C)C/C=C/CC1. The topological polar surface area (TPSA) is 96.7 Å². The molecule has 0 bridgehead atoms. The lowest BCUT2D eigenvalue weighted by atomic mass is 9.73. The quantitative estimate of drug-likeness (QED) is 0.379. The second kappa shape index (κ2) is 13.5. The number of aromatic nitrogens is 1. The number of rotatable bonds is 2. The van der Waals surface area contributed by atoms with Crippen LogP contribution in [0, 0.1) is 24.2 Å². The lowest BCUT2D eigenvalue weighted by molar-refractivity contribution is -0.154. The number of carbonyl (C=O) groups excluding carboxylic acids is 2. The van der Waals surface area contributed by atoms with Gasteiger partial charge in [0.05, 0.1) is 34.7 Å². The summed E-state index contributed by atoms with van der Waals surface area (Å²) in [6, 6.07) is 0. The van der Waals surface area contributed by atoms with Gasteiger partial charge in [-0.1, -0.05) is 51.5 Å². The van der Waals surface area contributed by atoms with E-state index in [4.69, 9.17) is 4.74 Å². The van der Waals surface area contributed by atoms with E-state index < -0.39 is 35.6 Å². The summed E-state index contributed by atoms with van der Waals surface area (Å²) in [4.78, 5) is 30.6. The van der Waals surface area contributed by atoms with Crippen LogP contribution in [0.5, 0.6) is 0 Å². The number of ether oxygens (including phenoxy) is 1. The molecule has 1 aliphatic heterocycles. The Balaban J connectivity index is 2.33. The highest BCUT2D eigenvalue weighted by Crippen LogP contribution is 2.32. The fourth-order valence-corrected chi connectivity index (χ4v) is 4.98. The zero-order valence-electron chi connectivity index (χ0n) is 22.8. The van der Waals surface area contributed by atoms with Gasteiger partial charge in [-0.2, -0.15) is 0 Å². The average Bonchev–Trinajstić information content (AvgIpc) is 3.23. The molecule has 6 nitrogen and oxygen atoms in total. The zero-order valence-corrected chi connectivity index (χ0v) is 23.6. The highest BCUT2D eigenvalue weighted by Gasteiger charge is 2.42. The number of Topliss-reactive ketones (excluding diaryl/α,β-unsaturated/α-hetero) is 1. The Morgan fingerprint density at radius 1 is 1.17 bits per heavy atom. The van der Waals surface area contributed by atoms with Crippen LogP contribution in [0.3, 0.4) is 0 Å². The van der Waals surface area contributed by atoms with Crippen molar-refractivity contribution in [2.24, 2.45) is 17.3 Å². The maximum atomic E-state index is 13.2. The molecule has 0 aromatic carbocycles. The molecule has 0 radical (unpaired) electrons. The van der Waals surface area contributed by atoms with E-state index in [9.17, 15) is 19.8 Å². The molecule has 0 spiro atoms. The molecule has 0 saturated carbocycles. The Morgan fingerprint density at radius 3 is 2.50 bits per heavy atom. The minimum absolute atomic E-state index is 0.106. The second-order valence-electron chi connectivity index (χ2n) is 10.8. The largest absolute Gasteiger partial charge is 0.457 e. The molecular formula is C29H43NO5S. The standard InChI is InChI=1S/C29H43NO5S/c1-18-11-9-8-10-12-19(2)27(33)21(4)28(34)29(6,7)25(31)16-26(32)35-24(14-13-18)20(3)15-23-17-36-22(5)30-23/h8,10,13,15,17,19,21,24-25,27,31,33H,9,11-12,14,16H2,1-7H3/b10-8+,18-13-,20-15+/t19?,21-,24?,25+,27+/m1/s1. The molecule has 0 saturated heterocycles. The fourth-order valence-electron chi connectivity index (χ4n) is 4.41. The molecule has 7 heteroatoms. The Labute approximate surface area is 220 Å². The number of carbonyl (C=O) groups is 2. The number of nitrogens with zero attached hydrogens (tertiary/aromatic N) is 1. The molecule has 0 fully saturated rings. The molecule has 1 aliphatic rings. The van der Waals surface area contributed by atoms with Crippen molar-refractivity contribution in [1.29, 1.82) is 0 Å². The summed E-state index contributed by atoms with van der Waals surface area (Å²) >= 11 is 1.56. The normalized spacial score (nSPS) is 32.1. The first-order valence-electron chi connectivity index (χ1n) is 12.8. The first kappa shape index (κ1) is 30.1. The Hall–Kier alpha value is -2.09. The summed E-state index contributed by atoms with van der Waals surface area (Å²) in [5.41, 5.74) is 1.68. The van der Waals surface area contributed by atoms with Gasteiger partial charge in [0.15, 0.2) is 0 Å². The van der Waals surface area contributed by atoms with E-state index in [0.29, 0.717) is 12.8 Å². The van der Waals surface area contributed by atoms with E-state index >= 15 is 0 Å². The maximum Gasteiger partial charge on any atom is 0.309 e. The lowest BCUT2D eigenvalue weighted by Crippen LogP contribution is -2.45. The van der Waals surface area contributed by atoms with Crippen LogP contribution in [0.4, 0.5) is 0 Å². The highest BCUT2D eigenvalue weighted by molar-refractivity contribution is 7.09. The van der Waals surface area contributed by atoms with Crippen LogP contribution in [0.25, 0.3) is 6.08 Å². The highest BCUT2D eigenvalue weighted by atomic mass is 32.1. The van der Waals surface area contributed by atoms with Crippen LogP contribution in [0.2, 0.25) is 0 Å². The average molecular weight is 518 g/mol. The number of aliphatic hydroxyl groups is 2. The van der Waals surface area contributed by atoms with Crippen LogP contribution in [-0.2, 0) is 14.3 Å². The van der Waals surface area contributed by atoms with Gasteiger partial charge < -0.3 is 14.9 Å². The number of thiazole rings is 1. The van der Waals surface area contributed by atoms with Crippen LogP contribution >= 0.6 is 11.3 Å². The first-order chi connectivity index (χ1) is 16.8. The summed E-state index contributed by atoms with van der Waals surface area (Å²) in [5, 5.41) is 24.6. The van der Waals surface area contributed by atoms with Crippen molar-refractivity contribution in [3.8, 4) is 0 Å². The molecular weight excluding hydrogens is 474 g/mol. The molecule has 2 N–H and O–H groups in total. The third-order valence-corrected chi connectivity index (χ3v) is 7.98.